The molecule has 0 N–H and O–H groups in total. The first-order valence-corrected chi connectivity index (χ1v) is 20.6. The maximum absolute atomic E-state index is 12.6. The summed E-state index contributed by atoms with van der Waals surface area (Å²) in [5, 5.41) is 0. The van der Waals surface area contributed by atoms with Crippen molar-refractivity contribution in [2.45, 2.75) is 86.9 Å². The molecular formula is C44H52O11Se. The van der Waals surface area contributed by atoms with Gasteiger partial charge in [-0.15, -0.1) is 0 Å². The Balaban J connectivity index is 1.39. The van der Waals surface area contributed by atoms with Crippen LogP contribution >= 0.6 is 0 Å². The normalized spacial score (nSPS) is 27.8. The molecule has 12 heteroatoms. The fourth-order valence-corrected chi connectivity index (χ4v) is 9.56. The number of carbonyl (C=O) groups excluding carboxylic acids is 1. The number of esters is 1. The molecule has 0 amide bonds. The van der Waals surface area contributed by atoms with Crippen molar-refractivity contribution in [1.82, 2.24) is 0 Å². The first-order valence-electron chi connectivity index (χ1n) is 18.8. The molecule has 0 bridgehead atoms. The van der Waals surface area contributed by atoms with Crippen molar-refractivity contribution in [2.75, 3.05) is 34.5 Å². The summed E-state index contributed by atoms with van der Waals surface area (Å²) in [6, 6.07) is 40.3. The standard InChI is InChI=1S/C44H52O11Se/c1-30(45)52-39-37(47-3)35(28-46-2)53-43(48-4)41(39)55-44-42(56-34-23-15-8-16-24-34)40(51-27-33-21-13-7-14-22-33)38(50-26-32-19-11-6-12-20-32)36(54-44)29-49-25-31-17-9-5-10-18-31/h5-24,35-44H,25-29H2,1-4H3/t35-,36-,37-,38-,39+,40+,41-,42+,43+,44-/m1/s1. The number of methoxy groups -OCH3 is 3. The van der Waals surface area contributed by atoms with Gasteiger partial charge in [-0.25, -0.2) is 0 Å². The quantitative estimate of drug-likeness (QED) is 0.0912. The van der Waals surface area contributed by atoms with Gasteiger partial charge in [-0.1, -0.05) is 0 Å². The van der Waals surface area contributed by atoms with Crippen LogP contribution in [0.3, 0.4) is 0 Å². The molecule has 2 saturated heterocycles. The van der Waals surface area contributed by atoms with Gasteiger partial charge < -0.3 is 0 Å². The summed E-state index contributed by atoms with van der Waals surface area (Å²) < 4.78 is 64.9. The topological polar surface area (TPSA) is 109 Å². The molecular weight excluding hydrogens is 783 g/mol. The zero-order valence-electron chi connectivity index (χ0n) is 32.3. The van der Waals surface area contributed by atoms with Gasteiger partial charge in [0.05, 0.1) is 0 Å². The van der Waals surface area contributed by atoms with Crippen LogP contribution in [-0.4, -0.2) is 111 Å². The molecule has 2 aliphatic heterocycles. The average molecular weight is 836 g/mol. The fourth-order valence-electron chi connectivity index (χ4n) is 6.97. The Hall–Kier alpha value is -3.49. The van der Waals surface area contributed by atoms with Crippen molar-refractivity contribution in [2.24, 2.45) is 0 Å². The molecule has 0 saturated carbocycles. The molecule has 10 atom stereocenters. The van der Waals surface area contributed by atoms with Gasteiger partial charge in [-0.2, -0.15) is 0 Å². The Morgan fingerprint density at radius 1 is 0.571 bits per heavy atom. The minimum absolute atomic E-state index is 0.180. The van der Waals surface area contributed by atoms with Crippen LogP contribution in [0.1, 0.15) is 23.6 Å². The van der Waals surface area contributed by atoms with Crippen LogP contribution in [0.4, 0.5) is 0 Å². The Kier molecular flexibility index (Phi) is 16.5. The first-order chi connectivity index (χ1) is 27.5. The van der Waals surface area contributed by atoms with E-state index in [4.69, 9.17) is 47.4 Å². The molecule has 0 unspecified atom stereocenters. The SMILES string of the molecule is COC[C@H]1O[C@H](OC)[C@H](O[C@H]2O[C@H](COCc3ccccc3)[C@@H](OCc3ccccc3)[C@H](OCc3ccccc3)[C@@H]2[Se]c2ccccc2)[C@@H](OC(C)=O)[C@@H]1OC. The summed E-state index contributed by atoms with van der Waals surface area (Å²) >= 11 is -0.272. The number of ether oxygens (including phenoxy) is 10. The van der Waals surface area contributed by atoms with Gasteiger partial charge in [0.1, 0.15) is 0 Å². The first kappa shape index (κ1) is 42.1. The predicted octanol–water partition coefficient (Wildman–Crippen LogP) is 5.27. The summed E-state index contributed by atoms with van der Waals surface area (Å²) in [4.78, 5) is 12.3. The van der Waals surface area contributed by atoms with Crippen LogP contribution in [-0.2, 0) is 72.0 Å². The molecule has 11 nitrogen and oxygen atoms in total. The maximum atomic E-state index is 12.6. The second-order valence-corrected chi connectivity index (χ2v) is 16.2. The van der Waals surface area contributed by atoms with Crippen molar-refractivity contribution >= 4 is 25.4 Å². The van der Waals surface area contributed by atoms with E-state index in [0.717, 1.165) is 21.2 Å². The Bertz CT molecular complexity index is 1700. The summed E-state index contributed by atoms with van der Waals surface area (Å²) in [5.41, 5.74) is 3.07. The molecule has 4 aromatic carbocycles. The van der Waals surface area contributed by atoms with E-state index in [1.54, 1.807) is 7.11 Å². The van der Waals surface area contributed by atoms with Crippen molar-refractivity contribution < 1.29 is 52.2 Å². The summed E-state index contributed by atoms with van der Waals surface area (Å²) in [7, 11) is 4.63. The van der Waals surface area contributed by atoms with Gasteiger partial charge in [-0.3, -0.25) is 0 Å². The van der Waals surface area contributed by atoms with Gasteiger partial charge in [0, 0.05) is 0 Å². The average Bonchev–Trinajstić information content (AvgIpc) is 3.22. The van der Waals surface area contributed by atoms with Crippen LogP contribution in [0.2, 0.25) is 4.82 Å². The monoisotopic (exact) mass is 836 g/mol. The van der Waals surface area contributed by atoms with E-state index < -0.39 is 61.3 Å². The molecule has 300 valence electrons. The molecule has 0 aliphatic carbocycles. The number of carbonyl (C=O) groups is 1. The van der Waals surface area contributed by atoms with E-state index in [0.29, 0.717) is 19.8 Å². The zero-order chi connectivity index (χ0) is 39.1. The van der Waals surface area contributed by atoms with E-state index in [-0.39, 0.29) is 33.0 Å². The molecule has 6 rings (SSSR count). The van der Waals surface area contributed by atoms with Gasteiger partial charge in [-0.05, 0) is 0 Å². The Labute approximate surface area is 335 Å². The second-order valence-electron chi connectivity index (χ2n) is 13.6. The third-order valence-corrected chi connectivity index (χ3v) is 12.3. The molecule has 2 heterocycles. The van der Waals surface area contributed by atoms with Crippen molar-refractivity contribution in [3.8, 4) is 0 Å². The molecule has 2 fully saturated rings. The van der Waals surface area contributed by atoms with Gasteiger partial charge in [0.25, 0.3) is 0 Å². The predicted molar refractivity (Wildman–Crippen MR) is 209 cm³/mol. The molecule has 2 aliphatic rings. The molecule has 4 aromatic rings. The molecule has 0 aromatic heterocycles. The van der Waals surface area contributed by atoms with E-state index in [1.165, 1.54) is 21.1 Å². The van der Waals surface area contributed by atoms with E-state index in [1.807, 2.05) is 109 Å². The van der Waals surface area contributed by atoms with E-state index in [2.05, 4.69) is 12.1 Å². The third kappa shape index (κ3) is 11.6. The van der Waals surface area contributed by atoms with Crippen molar-refractivity contribution in [3.63, 3.8) is 0 Å². The van der Waals surface area contributed by atoms with Crippen LogP contribution in [0.15, 0.2) is 121 Å². The van der Waals surface area contributed by atoms with E-state index >= 15 is 0 Å². The Morgan fingerprint density at radius 2 is 1.09 bits per heavy atom. The molecule has 0 spiro atoms. The summed E-state index contributed by atoms with van der Waals surface area (Å²) in [6.07, 6.45) is -6.79. The van der Waals surface area contributed by atoms with Gasteiger partial charge in [0.15, 0.2) is 0 Å². The minimum atomic E-state index is -0.956. The Morgan fingerprint density at radius 3 is 1.62 bits per heavy atom. The molecule has 0 radical (unpaired) electrons. The van der Waals surface area contributed by atoms with Crippen LogP contribution in [0.5, 0.6) is 0 Å². The van der Waals surface area contributed by atoms with Crippen molar-refractivity contribution in [1.29, 1.82) is 0 Å². The number of rotatable bonds is 19. The van der Waals surface area contributed by atoms with Crippen LogP contribution in [0.25, 0.3) is 0 Å². The van der Waals surface area contributed by atoms with Gasteiger partial charge in [0.2, 0.25) is 0 Å². The zero-order valence-corrected chi connectivity index (χ0v) is 34.0. The van der Waals surface area contributed by atoms with Gasteiger partial charge >= 0.3 is 337 Å². The second kappa shape index (κ2) is 21.9. The van der Waals surface area contributed by atoms with E-state index in [9.17, 15) is 4.79 Å². The third-order valence-electron chi connectivity index (χ3n) is 9.59. The number of hydrogen-bond donors (Lipinski definition) is 0. The number of hydrogen-bond acceptors (Lipinski definition) is 11. The fraction of sp³-hybridized carbons (Fsp3) is 0.432. The number of benzene rings is 4. The summed E-state index contributed by atoms with van der Waals surface area (Å²) in [5.74, 6) is -0.501. The summed E-state index contributed by atoms with van der Waals surface area (Å²) in [6.45, 7) is 2.75. The van der Waals surface area contributed by atoms with Crippen molar-refractivity contribution in [3.05, 3.63) is 138 Å². The molecule has 56 heavy (non-hydrogen) atoms. The van der Waals surface area contributed by atoms with Crippen LogP contribution < -0.4 is 4.46 Å². The van der Waals surface area contributed by atoms with Crippen LogP contribution in [0, 0.1) is 0 Å².